The van der Waals surface area contributed by atoms with Crippen LogP contribution in [-0.4, -0.2) is 27.5 Å². The third kappa shape index (κ3) is 4.61. The van der Waals surface area contributed by atoms with Gasteiger partial charge in [-0.25, -0.2) is 8.42 Å². The Morgan fingerprint density at radius 3 is 2.43 bits per heavy atom. The Labute approximate surface area is 130 Å². The number of carbonyl (C=O) groups is 1. The van der Waals surface area contributed by atoms with E-state index in [2.05, 4.69) is 5.32 Å². The highest BCUT2D eigenvalue weighted by atomic mass is 35.7. The van der Waals surface area contributed by atoms with Crippen molar-refractivity contribution in [2.24, 2.45) is 0 Å². The molecule has 0 aliphatic rings. The van der Waals surface area contributed by atoms with Gasteiger partial charge in [-0.15, -0.1) is 0 Å². The Morgan fingerprint density at radius 2 is 1.90 bits per heavy atom. The molecular formula is C14H20ClNO4S. The normalized spacial score (nSPS) is 11.3. The molecule has 0 unspecified atom stereocenters. The Hall–Kier alpha value is -1.27. The first-order chi connectivity index (χ1) is 9.68. The van der Waals surface area contributed by atoms with E-state index >= 15 is 0 Å². The Bertz CT molecular complexity index is 641. The van der Waals surface area contributed by atoms with E-state index < -0.39 is 9.05 Å². The average Bonchev–Trinajstić information content (AvgIpc) is 2.39. The van der Waals surface area contributed by atoms with Crippen molar-refractivity contribution in [2.45, 2.75) is 39.0 Å². The summed E-state index contributed by atoms with van der Waals surface area (Å²) < 4.78 is 28.6. The van der Waals surface area contributed by atoms with Crippen LogP contribution in [0.3, 0.4) is 0 Å². The van der Waals surface area contributed by atoms with Gasteiger partial charge in [-0.05, 0) is 49.9 Å². The number of aryl methyl sites for hydroxylation is 1. The number of ether oxygens (including phenoxy) is 1. The van der Waals surface area contributed by atoms with Crippen molar-refractivity contribution in [1.29, 1.82) is 0 Å². The van der Waals surface area contributed by atoms with Crippen molar-refractivity contribution in [3.63, 3.8) is 0 Å². The molecule has 0 saturated heterocycles. The van der Waals surface area contributed by atoms with Gasteiger partial charge in [0.15, 0.2) is 6.61 Å². The van der Waals surface area contributed by atoms with Gasteiger partial charge >= 0.3 is 0 Å². The summed E-state index contributed by atoms with van der Waals surface area (Å²) >= 11 is 0. The summed E-state index contributed by atoms with van der Waals surface area (Å²) in [5, 5.41) is 2.71. The van der Waals surface area contributed by atoms with Gasteiger partial charge in [-0.1, -0.05) is 6.92 Å². The first kappa shape index (κ1) is 17.8. The molecule has 0 saturated carbocycles. The summed E-state index contributed by atoms with van der Waals surface area (Å²) in [6, 6.07) is 1.46. The standard InChI is InChI=1S/C14H20ClNO4S/c1-5-6-16-13(17)8-20-14-9(2)7-12(21(15,18)19)10(3)11(14)4/h7H,5-6,8H2,1-4H3,(H,16,17). The number of benzene rings is 1. The molecule has 0 radical (unpaired) electrons. The van der Waals surface area contributed by atoms with Crippen molar-refractivity contribution >= 4 is 25.6 Å². The molecule has 1 aromatic rings. The summed E-state index contributed by atoms with van der Waals surface area (Å²) in [6.07, 6.45) is 0.852. The summed E-state index contributed by atoms with van der Waals surface area (Å²) in [5.74, 6) is 0.311. The zero-order chi connectivity index (χ0) is 16.2. The highest BCUT2D eigenvalue weighted by molar-refractivity contribution is 8.13. The summed E-state index contributed by atoms with van der Waals surface area (Å²) in [7, 11) is 1.61. The van der Waals surface area contributed by atoms with E-state index in [1.165, 1.54) is 6.07 Å². The minimum absolute atomic E-state index is 0.0713. The predicted octanol–water partition coefficient (Wildman–Crippen LogP) is 2.44. The lowest BCUT2D eigenvalue weighted by atomic mass is 10.1. The van der Waals surface area contributed by atoms with E-state index in [1.807, 2.05) is 6.92 Å². The van der Waals surface area contributed by atoms with Crippen molar-refractivity contribution in [3.05, 3.63) is 22.8 Å². The van der Waals surface area contributed by atoms with Crippen LogP contribution < -0.4 is 10.1 Å². The van der Waals surface area contributed by atoms with Gasteiger partial charge in [0.05, 0.1) is 4.90 Å². The minimum atomic E-state index is -3.80. The SMILES string of the molecule is CCCNC(=O)COc1c(C)cc(S(=O)(=O)Cl)c(C)c1C. The number of hydrogen-bond donors (Lipinski definition) is 1. The van der Waals surface area contributed by atoms with Gasteiger partial charge in [0.2, 0.25) is 0 Å². The number of amides is 1. The van der Waals surface area contributed by atoms with Gasteiger partial charge in [0.25, 0.3) is 15.0 Å². The molecule has 0 aliphatic heterocycles. The zero-order valence-electron chi connectivity index (χ0n) is 12.6. The highest BCUT2D eigenvalue weighted by Gasteiger charge is 2.19. The number of halogens is 1. The second-order valence-electron chi connectivity index (χ2n) is 4.85. The van der Waals surface area contributed by atoms with Crippen LogP contribution in [-0.2, 0) is 13.8 Å². The van der Waals surface area contributed by atoms with E-state index in [0.29, 0.717) is 29.0 Å². The fraction of sp³-hybridized carbons (Fsp3) is 0.500. The van der Waals surface area contributed by atoms with E-state index in [-0.39, 0.29) is 17.4 Å². The van der Waals surface area contributed by atoms with Gasteiger partial charge in [-0.2, -0.15) is 0 Å². The summed E-state index contributed by atoms with van der Waals surface area (Å²) in [5.41, 5.74) is 1.82. The molecule has 1 rings (SSSR count). The van der Waals surface area contributed by atoms with Gasteiger partial charge in [0, 0.05) is 17.2 Å². The molecule has 0 bridgehead atoms. The molecule has 21 heavy (non-hydrogen) atoms. The van der Waals surface area contributed by atoms with Gasteiger partial charge in [-0.3, -0.25) is 4.79 Å². The topological polar surface area (TPSA) is 72.5 Å². The molecule has 0 spiro atoms. The third-order valence-corrected chi connectivity index (χ3v) is 4.61. The smallest absolute Gasteiger partial charge is 0.261 e. The van der Waals surface area contributed by atoms with Crippen LogP contribution in [0.25, 0.3) is 0 Å². The molecule has 7 heteroatoms. The van der Waals surface area contributed by atoms with Crippen LogP contribution in [0.1, 0.15) is 30.0 Å². The molecule has 0 aliphatic carbocycles. The molecule has 0 atom stereocenters. The monoisotopic (exact) mass is 333 g/mol. The van der Waals surface area contributed by atoms with E-state index in [4.69, 9.17) is 15.4 Å². The van der Waals surface area contributed by atoms with Crippen LogP contribution in [0.2, 0.25) is 0 Å². The van der Waals surface area contributed by atoms with Crippen LogP contribution in [0.15, 0.2) is 11.0 Å². The lowest BCUT2D eigenvalue weighted by molar-refractivity contribution is -0.123. The lowest BCUT2D eigenvalue weighted by Crippen LogP contribution is -2.29. The van der Waals surface area contributed by atoms with Crippen LogP contribution in [0.5, 0.6) is 5.75 Å². The highest BCUT2D eigenvalue weighted by Crippen LogP contribution is 2.32. The molecule has 1 N–H and O–H groups in total. The third-order valence-electron chi connectivity index (χ3n) is 3.16. The quantitative estimate of drug-likeness (QED) is 0.812. The van der Waals surface area contributed by atoms with E-state index in [1.54, 1.807) is 20.8 Å². The Kier molecular flexibility index (Phi) is 6.04. The zero-order valence-corrected chi connectivity index (χ0v) is 14.2. The van der Waals surface area contributed by atoms with Crippen LogP contribution in [0.4, 0.5) is 0 Å². The van der Waals surface area contributed by atoms with Crippen molar-refractivity contribution < 1.29 is 17.9 Å². The van der Waals surface area contributed by atoms with Gasteiger partial charge < -0.3 is 10.1 Å². The van der Waals surface area contributed by atoms with Crippen LogP contribution >= 0.6 is 10.7 Å². The molecule has 0 fully saturated rings. The van der Waals surface area contributed by atoms with Crippen molar-refractivity contribution in [2.75, 3.05) is 13.2 Å². The maximum Gasteiger partial charge on any atom is 0.261 e. The minimum Gasteiger partial charge on any atom is -0.483 e. The second-order valence-corrected chi connectivity index (χ2v) is 7.38. The maximum absolute atomic E-state index is 11.6. The Morgan fingerprint density at radius 1 is 1.29 bits per heavy atom. The molecule has 0 aromatic heterocycles. The number of rotatable bonds is 6. The molecule has 0 heterocycles. The summed E-state index contributed by atoms with van der Waals surface area (Å²) in [6.45, 7) is 7.58. The Balaban J connectivity index is 3.00. The maximum atomic E-state index is 11.6. The van der Waals surface area contributed by atoms with Crippen LogP contribution in [0, 0.1) is 20.8 Å². The number of hydrogen-bond acceptors (Lipinski definition) is 4. The second kappa shape index (κ2) is 7.13. The van der Waals surface area contributed by atoms with Crippen molar-refractivity contribution in [3.8, 4) is 5.75 Å². The predicted molar refractivity (Wildman–Crippen MR) is 82.5 cm³/mol. The molecule has 1 amide bonds. The fourth-order valence-electron chi connectivity index (χ4n) is 1.95. The molecule has 1 aromatic carbocycles. The number of nitrogens with one attached hydrogen (secondary N) is 1. The van der Waals surface area contributed by atoms with Crippen molar-refractivity contribution in [1.82, 2.24) is 5.32 Å². The average molecular weight is 334 g/mol. The molecular weight excluding hydrogens is 314 g/mol. The first-order valence-electron chi connectivity index (χ1n) is 6.63. The lowest BCUT2D eigenvalue weighted by Gasteiger charge is -2.16. The fourth-order valence-corrected chi connectivity index (χ4v) is 3.27. The summed E-state index contributed by atoms with van der Waals surface area (Å²) in [4.78, 5) is 11.6. The van der Waals surface area contributed by atoms with E-state index in [0.717, 1.165) is 6.42 Å². The number of carbonyl (C=O) groups excluding carboxylic acids is 1. The molecule has 118 valence electrons. The van der Waals surface area contributed by atoms with E-state index in [9.17, 15) is 13.2 Å². The first-order valence-corrected chi connectivity index (χ1v) is 8.94. The largest absolute Gasteiger partial charge is 0.483 e. The molecule has 5 nitrogen and oxygen atoms in total. The van der Waals surface area contributed by atoms with Gasteiger partial charge in [0.1, 0.15) is 5.75 Å².